The molecule has 0 aliphatic heterocycles. The summed E-state index contributed by atoms with van der Waals surface area (Å²) in [6.45, 7) is 1.42. The number of hydrogen-bond donors (Lipinski definition) is 1. The van der Waals surface area contributed by atoms with Gasteiger partial charge in [-0.1, -0.05) is 23.7 Å². The van der Waals surface area contributed by atoms with Crippen molar-refractivity contribution in [3.05, 3.63) is 82.1 Å². The second-order valence-electron chi connectivity index (χ2n) is 7.63. The zero-order valence-electron chi connectivity index (χ0n) is 18.7. The Bertz CT molecular complexity index is 1370. The number of alkyl halides is 3. The summed E-state index contributed by atoms with van der Waals surface area (Å²) in [6, 6.07) is 13.2. The van der Waals surface area contributed by atoms with Gasteiger partial charge in [-0.05, 0) is 55.0 Å². The number of carbonyl (C=O) groups is 1. The highest BCUT2D eigenvalue weighted by Crippen LogP contribution is 2.38. The standard InChI is InChI=1S/C25H18ClF3N2O4S/c1-14-10-18(7-8-19(14)35-13-22(32)33)34-12-21-31-23(15-2-5-17(6-3-15)25(27,28)29)24(36-21)16-4-9-20(26)30-11-16/h2-11H,12-13H2,1H3,(H,32,33). The van der Waals surface area contributed by atoms with E-state index < -0.39 is 24.3 Å². The van der Waals surface area contributed by atoms with Crippen LogP contribution in [0.15, 0.2) is 60.8 Å². The van der Waals surface area contributed by atoms with Crippen molar-refractivity contribution in [2.75, 3.05) is 6.61 Å². The Hall–Kier alpha value is -3.63. The predicted octanol–water partition coefficient (Wildman–Crippen LogP) is 6.90. The Morgan fingerprint density at radius 1 is 1.06 bits per heavy atom. The van der Waals surface area contributed by atoms with Gasteiger partial charge < -0.3 is 14.6 Å². The van der Waals surface area contributed by atoms with Crippen LogP contribution < -0.4 is 9.47 Å². The normalized spacial score (nSPS) is 11.4. The van der Waals surface area contributed by atoms with Crippen molar-refractivity contribution in [3.63, 3.8) is 0 Å². The van der Waals surface area contributed by atoms with Crippen LogP contribution in [0.2, 0.25) is 5.15 Å². The van der Waals surface area contributed by atoms with Gasteiger partial charge in [0.05, 0.1) is 16.1 Å². The minimum Gasteiger partial charge on any atom is -0.486 e. The lowest BCUT2D eigenvalue weighted by molar-refractivity contribution is -0.139. The maximum absolute atomic E-state index is 13.0. The van der Waals surface area contributed by atoms with Gasteiger partial charge in [0.1, 0.15) is 28.3 Å². The molecule has 0 aliphatic carbocycles. The number of aliphatic carboxylic acids is 1. The van der Waals surface area contributed by atoms with E-state index in [1.807, 2.05) is 0 Å². The Balaban J connectivity index is 1.60. The smallest absolute Gasteiger partial charge is 0.416 e. The molecule has 0 saturated carbocycles. The summed E-state index contributed by atoms with van der Waals surface area (Å²) in [6.07, 6.45) is -2.86. The van der Waals surface area contributed by atoms with Gasteiger partial charge >= 0.3 is 12.1 Å². The van der Waals surface area contributed by atoms with Gasteiger partial charge in [0.25, 0.3) is 0 Å². The molecule has 0 spiro atoms. The number of hydrogen-bond acceptors (Lipinski definition) is 6. The molecule has 11 heteroatoms. The maximum atomic E-state index is 13.0. The molecule has 0 fully saturated rings. The average molecular weight is 535 g/mol. The number of carboxylic acids is 1. The summed E-state index contributed by atoms with van der Waals surface area (Å²) in [5.41, 5.74) is 1.70. The van der Waals surface area contributed by atoms with E-state index in [9.17, 15) is 18.0 Å². The fraction of sp³-hybridized carbons (Fsp3) is 0.160. The number of benzene rings is 2. The Kier molecular flexibility index (Phi) is 7.46. The number of carboxylic acid groups (broad SMARTS) is 1. The fourth-order valence-corrected chi connectivity index (χ4v) is 4.40. The number of thiazole rings is 1. The minimum absolute atomic E-state index is 0.105. The fourth-order valence-electron chi connectivity index (χ4n) is 3.30. The lowest BCUT2D eigenvalue weighted by Gasteiger charge is -2.09. The Labute approximate surface area is 212 Å². The van der Waals surface area contributed by atoms with Crippen molar-refractivity contribution in [1.29, 1.82) is 0 Å². The molecule has 0 radical (unpaired) electrons. The summed E-state index contributed by atoms with van der Waals surface area (Å²) in [5, 5.41) is 9.68. The maximum Gasteiger partial charge on any atom is 0.416 e. The number of aromatic nitrogens is 2. The highest BCUT2D eigenvalue weighted by atomic mass is 35.5. The van der Waals surface area contributed by atoms with Crippen LogP contribution >= 0.6 is 22.9 Å². The van der Waals surface area contributed by atoms with Gasteiger partial charge in [0.2, 0.25) is 0 Å². The first kappa shape index (κ1) is 25.5. The van der Waals surface area contributed by atoms with Crippen molar-refractivity contribution >= 4 is 28.9 Å². The number of rotatable bonds is 8. The van der Waals surface area contributed by atoms with Crippen molar-refractivity contribution in [2.24, 2.45) is 0 Å². The third-order valence-corrected chi connectivity index (χ3v) is 6.31. The third kappa shape index (κ3) is 6.13. The summed E-state index contributed by atoms with van der Waals surface area (Å²) in [7, 11) is 0. The van der Waals surface area contributed by atoms with Crippen LogP contribution in [-0.2, 0) is 17.6 Å². The van der Waals surface area contributed by atoms with E-state index >= 15 is 0 Å². The number of halogens is 4. The molecule has 186 valence electrons. The van der Waals surface area contributed by atoms with Crippen molar-refractivity contribution in [2.45, 2.75) is 19.7 Å². The Morgan fingerprint density at radius 2 is 1.78 bits per heavy atom. The third-order valence-electron chi connectivity index (χ3n) is 5.01. The molecule has 0 bridgehead atoms. The number of nitrogens with zero attached hydrogens (tertiary/aromatic N) is 2. The van der Waals surface area contributed by atoms with Gasteiger partial charge in [0.15, 0.2) is 6.61 Å². The van der Waals surface area contributed by atoms with Crippen molar-refractivity contribution < 1.29 is 32.5 Å². The molecule has 0 atom stereocenters. The number of pyridine rings is 1. The van der Waals surface area contributed by atoms with Crippen LogP contribution in [0.4, 0.5) is 13.2 Å². The van der Waals surface area contributed by atoms with E-state index in [0.717, 1.165) is 12.1 Å². The predicted molar refractivity (Wildman–Crippen MR) is 129 cm³/mol. The van der Waals surface area contributed by atoms with Crippen LogP contribution in [0.25, 0.3) is 21.7 Å². The topological polar surface area (TPSA) is 81.5 Å². The molecule has 4 rings (SSSR count). The molecule has 0 aliphatic rings. The van der Waals surface area contributed by atoms with Crippen LogP contribution in [0.5, 0.6) is 11.5 Å². The molecule has 0 unspecified atom stereocenters. The van der Waals surface area contributed by atoms with Gasteiger partial charge in [-0.15, -0.1) is 11.3 Å². The largest absolute Gasteiger partial charge is 0.486 e. The first-order valence-corrected chi connectivity index (χ1v) is 11.7. The molecule has 2 aromatic carbocycles. The summed E-state index contributed by atoms with van der Waals surface area (Å²) >= 11 is 7.24. The highest BCUT2D eigenvalue weighted by molar-refractivity contribution is 7.15. The summed E-state index contributed by atoms with van der Waals surface area (Å²) < 4.78 is 50.1. The molecule has 0 saturated heterocycles. The van der Waals surface area contributed by atoms with Gasteiger partial charge in [-0.3, -0.25) is 0 Å². The van der Waals surface area contributed by atoms with E-state index in [1.165, 1.54) is 23.5 Å². The van der Waals surface area contributed by atoms with Crippen LogP contribution in [0, 0.1) is 6.92 Å². The molecule has 4 aromatic rings. The summed E-state index contributed by atoms with van der Waals surface area (Å²) in [5.74, 6) is -0.119. The van der Waals surface area contributed by atoms with Crippen LogP contribution in [0.3, 0.4) is 0 Å². The molecular weight excluding hydrogens is 517 g/mol. The molecule has 2 heterocycles. The first-order valence-electron chi connectivity index (χ1n) is 10.5. The van der Waals surface area contributed by atoms with Gasteiger partial charge in [-0.2, -0.15) is 13.2 Å². The number of ether oxygens (including phenoxy) is 2. The molecular formula is C25H18ClF3N2O4S. The molecule has 0 amide bonds. The zero-order valence-corrected chi connectivity index (χ0v) is 20.2. The molecule has 36 heavy (non-hydrogen) atoms. The lowest BCUT2D eigenvalue weighted by Crippen LogP contribution is -2.10. The minimum atomic E-state index is -4.44. The highest BCUT2D eigenvalue weighted by Gasteiger charge is 2.30. The second kappa shape index (κ2) is 10.5. The van der Waals surface area contributed by atoms with E-state index in [2.05, 4.69) is 9.97 Å². The van der Waals surface area contributed by atoms with Gasteiger partial charge in [-0.25, -0.2) is 14.8 Å². The SMILES string of the molecule is Cc1cc(OCc2nc(-c3ccc(C(F)(F)F)cc3)c(-c3ccc(Cl)nc3)s2)ccc1OCC(=O)O. The molecule has 2 aromatic heterocycles. The van der Waals surface area contributed by atoms with Crippen molar-refractivity contribution in [3.8, 4) is 33.2 Å². The van der Waals surface area contributed by atoms with E-state index in [1.54, 1.807) is 43.5 Å². The van der Waals surface area contributed by atoms with Crippen LogP contribution in [-0.4, -0.2) is 27.7 Å². The molecule has 1 N–H and O–H groups in total. The lowest BCUT2D eigenvalue weighted by atomic mass is 10.1. The van der Waals surface area contributed by atoms with Crippen LogP contribution in [0.1, 0.15) is 16.1 Å². The first-order chi connectivity index (χ1) is 17.1. The monoisotopic (exact) mass is 534 g/mol. The average Bonchev–Trinajstić information content (AvgIpc) is 3.26. The summed E-state index contributed by atoms with van der Waals surface area (Å²) in [4.78, 5) is 20.2. The van der Waals surface area contributed by atoms with E-state index in [4.69, 9.17) is 26.2 Å². The van der Waals surface area contributed by atoms with Gasteiger partial charge in [0, 0.05) is 17.3 Å². The van der Waals surface area contributed by atoms with E-state index in [-0.39, 0.29) is 6.61 Å². The second-order valence-corrected chi connectivity index (χ2v) is 9.10. The van der Waals surface area contributed by atoms with E-state index in [0.29, 0.717) is 48.9 Å². The quantitative estimate of drug-likeness (QED) is 0.248. The molecule has 6 nitrogen and oxygen atoms in total. The Morgan fingerprint density at radius 3 is 2.39 bits per heavy atom. The number of aryl methyl sites for hydroxylation is 1. The zero-order chi connectivity index (χ0) is 25.9. The van der Waals surface area contributed by atoms with Crippen molar-refractivity contribution in [1.82, 2.24) is 9.97 Å².